The first kappa shape index (κ1) is 8.48. The average Bonchev–Trinajstić information content (AvgIpc) is 2.04. The van der Waals surface area contributed by atoms with Crippen molar-refractivity contribution >= 4 is 0 Å². The smallest absolute Gasteiger partial charge is 0.0825 e. The molecule has 3 heteroatoms. The van der Waals surface area contributed by atoms with Crippen LogP contribution in [-0.2, 0) is 4.74 Å². The minimum Gasteiger partial charge on any atom is -0.379 e. The predicted molar refractivity (Wildman–Crippen MR) is 48.3 cm³/mol. The Balaban J connectivity index is 1.72. The molecule has 0 saturated carbocycles. The van der Waals surface area contributed by atoms with Crippen LogP contribution in [0.15, 0.2) is 0 Å². The molecule has 3 nitrogen and oxygen atoms in total. The Kier molecular flexibility index (Phi) is 2.63. The van der Waals surface area contributed by atoms with E-state index in [2.05, 4.69) is 10.2 Å². The zero-order valence-corrected chi connectivity index (χ0v) is 7.75. The van der Waals surface area contributed by atoms with Crippen molar-refractivity contribution in [2.45, 2.75) is 25.0 Å². The van der Waals surface area contributed by atoms with E-state index in [9.17, 15) is 0 Å². The van der Waals surface area contributed by atoms with E-state index >= 15 is 0 Å². The van der Waals surface area contributed by atoms with Crippen LogP contribution in [0.4, 0.5) is 0 Å². The second kappa shape index (κ2) is 3.73. The number of hydrogen-bond acceptors (Lipinski definition) is 3. The molecular formula is C9H18N2O. The molecule has 0 amide bonds. The Morgan fingerprint density at radius 3 is 2.83 bits per heavy atom. The highest BCUT2D eigenvalue weighted by Crippen LogP contribution is 2.18. The lowest BCUT2D eigenvalue weighted by Gasteiger charge is -2.44. The van der Waals surface area contributed by atoms with Gasteiger partial charge in [-0.15, -0.1) is 0 Å². The molecule has 0 bridgehead atoms. The van der Waals surface area contributed by atoms with Crippen molar-refractivity contribution in [3.05, 3.63) is 0 Å². The molecule has 0 spiro atoms. The molecule has 2 heterocycles. The minimum absolute atomic E-state index is 0.506. The van der Waals surface area contributed by atoms with Crippen molar-refractivity contribution in [1.29, 1.82) is 0 Å². The molecule has 2 fully saturated rings. The van der Waals surface area contributed by atoms with Crippen LogP contribution >= 0.6 is 0 Å². The molecule has 2 saturated heterocycles. The van der Waals surface area contributed by atoms with Gasteiger partial charge in [0, 0.05) is 32.8 Å². The summed E-state index contributed by atoms with van der Waals surface area (Å²) in [5.74, 6) is 0. The molecule has 0 aliphatic carbocycles. The van der Waals surface area contributed by atoms with Gasteiger partial charge in [-0.3, -0.25) is 4.90 Å². The Bertz CT molecular complexity index is 139. The lowest BCUT2D eigenvalue weighted by molar-refractivity contribution is -0.0542. The Morgan fingerprint density at radius 2 is 2.25 bits per heavy atom. The van der Waals surface area contributed by atoms with E-state index in [4.69, 9.17) is 4.74 Å². The summed E-state index contributed by atoms with van der Waals surface area (Å²) in [5, 5.41) is 3.43. The maximum absolute atomic E-state index is 5.25. The van der Waals surface area contributed by atoms with E-state index in [-0.39, 0.29) is 0 Å². The summed E-state index contributed by atoms with van der Waals surface area (Å²) in [6, 6.07) is 0.783. The highest BCUT2D eigenvalue weighted by atomic mass is 16.5. The molecule has 0 aromatic carbocycles. The number of methoxy groups -OCH3 is 1. The summed E-state index contributed by atoms with van der Waals surface area (Å²) < 4.78 is 5.25. The molecular weight excluding hydrogens is 152 g/mol. The number of ether oxygens (including phenoxy) is 1. The van der Waals surface area contributed by atoms with Crippen molar-refractivity contribution in [2.24, 2.45) is 0 Å². The van der Waals surface area contributed by atoms with Crippen LogP contribution in [0, 0.1) is 0 Å². The molecule has 0 radical (unpaired) electrons. The highest BCUT2D eigenvalue weighted by Gasteiger charge is 2.32. The van der Waals surface area contributed by atoms with Gasteiger partial charge in [0.25, 0.3) is 0 Å². The molecule has 2 aliphatic rings. The van der Waals surface area contributed by atoms with Gasteiger partial charge in [-0.1, -0.05) is 0 Å². The number of hydrogen-bond donors (Lipinski definition) is 1. The lowest BCUT2D eigenvalue weighted by atomic mass is 10.0. The third-order valence-electron chi connectivity index (χ3n) is 3.00. The van der Waals surface area contributed by atoms with Gasteiger partial charge in [0.1, 0.15) is 0 Å². The molecule has 2 rings (SSSR count). The fourth-order valence-electron chi connectivity index (χ4n) is 2.06. The standard InChI is InChI=1S/C9H18N2O/c1-12-9-6-11(7-9)8-3-2-4-10-5-8/h8-10H,2-7H2,1H3. The van der Waals surface area contributed by atoms with Gasteiger partial charge in [-0.05, 0) is 19.4 Å². The Labute approximate surface area is 74.1 Å². The predicted octanol–water partition coefficient (Wildman–Crippen LogP) is 0.0690. The first-order valence-electron chi connectivity index (χ1n) is 4.87. The largest absolute Gasteiger partial charge is 0.379 e. The van der Waals surface area contributed by atoms with Gasteiger partial charge in [0.05, 0.1) is 6.10 Å². The van der Waals surface area contributed by atoms with E-state index < -0.39 is 0 Å². The van der Waals surface area contributed by atoms with Crippen LogP contribution < -0.4 is 5.32 Å². The van der Waals surface area contributed by atoms with Crippen LogP contribution in [-0.4, -0.2) is 50.3 Å². The van der Waals surface area contributed by atoms with Crippen molar-refractivity contribution < 1.29 is 4.74 Å². The number of piperidine rings is 1. The number of rotatable bonds is 2. The summed E-state index contributed by atoms with van der Waals surface area (Å²) in [5.41, 5.74) is 0. The van der Waals surface area contributed by atoms with E-state index in [1.54, 1.807) is 7.11 Å². The van der Waals surface area contributed by atoms with E-state index in [0.29, 0.717) is 6.10 Å². The molecule has 1 N–H and O–H groups in total. The number of nitrogens with one attached hydrogen (secondary N) is 1. The summed E-state index contributed by atoms with van der Waals surface area (Å²) in [7, 11) is 1.81. The SMILES string of the molecule is COC1CN(C2CCCNC2)C1. The van der Waals surface area contributed by atoms with Crippen LogP contribution in [0.1, 0.15) is 12.8 Å². The zero-order chi connectivity index (χ0) is 8.39. The fourth-order valence-corrected chi connectivity index (χ4v) is 2.06. The van der Waals surface area contributed by atoms with Crippen LogP contribution in [0.5, 0.6) is 0 Å². The molecule has 1 atom stereocenters. The zero-order valence-electron chi connectivity index (χ0n) is 7.75. The molecule has 12 heavy (non-hydrogen) atoms. The number of nitrogens with zero attached hydrogens (tertiary/aromatic N) is 1. The maximum atomic E-state index is 5.25. The van der Waals surface area contributed by atoms with Gasteiger partial charge in [0.2, 0.25) is 0 Å². The van der Waals surface area contributed by atoms with Crippen LogP contribution in [0.3, 0.4) is 0 Å². The third-order valence-corrected chi connectivity index (χ3v) is 3.00. The quantitative estimate of drug-likeness (QED) is 0.634. The summed E-state index contributed by atoms with van der Waals surface area (Å²) in [6.45, 7) is 4.67. The lowest BCUT2D eigenvalue weighted by Crippen LogP contribution is -2.59. The second-order valence-corrected chi connectivity index (χ2v) is 3.81. The minimum atomic E-state index is 0.506. The summed E-state index contributed by atoms with van der Waals surface area (Å²) in [4.78, 5) is 2.53. The Morgan fingerprint density at radius 1 is 1.42 bits per heavy atom. The maximum Gasteiger partial charge on any atom is 0.0825 e. The average molecular weight is 170 g/mol. The first-order valence-corrected chi connectivity index (χ1v) is 4.87. The third kappa shape index (κ3) is 1.63. The van der Waals surface area contributed by atoms with Crippen molar-refractivity contribution in [3.63, 3.8) is 0 Å². The number of likely N-dealkylation sites (tertiary alicyclic amines) is 1. The van der Waals surface area contributed by atoms with Crippen molar-refractivity contribution in [2.75, 3.05) is 33.3 Å². The molecule has 0 aromatic rings. The topological polar surface area (TPSA) is 24.5 Å². The molecule has 0 aromatic heterocycles. The van der Waals surface area contributed by atoms with Gasteiger partial charge >= 0.3 is 0 Å². The Hall–Kier alpha value is -0.120. The fraction of sp³-hybridized carbons (Fsp3) is 1.00. The van der Waals surface area contributed by atoms with Gasteiger partial charge in [-0.2, -0.15) is 0 Å². The monoisotopic (exact) mass is 170 g/mol. The molecule has 70 valence electrons. The van der Waals surface area contributed by atoms with E-state index in [1.165, 1.54) is 25.9 Å². The first-order chi connectivity index (χ1) is 5.90. The summed E-state index contributed by atoms with van der Waals surface area (Å²) in [6.07, 6.45) is 3.20. The van der Waals surface area contributed by atoms with Gasteiger partial charge < -0.3 is 10.1 Å². The van der Waals surface area contributed by atoms with E-state index in [1.807, 2.05) is 0 Å². The van der Waals surface area contributed by atoms with Crippen molar-refractivity contribution in [1.82, 2.24) is 10.2 Å². The molecule has 1 unspecified atom stereocenters. The normalized spacial score (nSPS) is 33.2. The second-order valence-electron chi connectivity index (χ2n) is 3.81. The van der Waals surface area contributed by atoms with Crippen LogP contribution in [0.2, 0.25) is 0 Å². The summed E-state index contributed by atoms with van der Waals surface area (Å²) >= 11 is 0. The van der Waals surface area contributed by atoms with E-state index in [0.717, 1.165) is 19.1 Å². The molecule has 2 aliphatic heterocycles. The van der Waals surface area contributed by atoms with Gasteiger partial charge in [-0.25, -0.2) is 0 Å². The highest BCUT2D eigenvalue weighted by molar-refractivity contribution is 4.88. The van der Waals surface area contributed by atoms with Gasteiger partial charge in [0.15, 0.2) is 0 Å². The van der Waals surface area contributed by atoms with Crippen molar-refractivity contribution in [3.8, 4) is 0 Å². The van der Waals surface area contributed by atoms with Crippen LogP contribution in [0.25, 0.3) is 0 Å².